The fraction of sp³-hybridized carbons (Fsp3) is 0.480. The van der Waals surface area contributed by atoms with Crippen molar-refractivity contribution in [3.8, 4) is 0 Å². The van der Waals surface area contributed by atoms with E-state index in [1.807, 2.05) is 39.0 Å². The van der Waals surface area contributed by atoms with Gasteiger partial charge < -0.3 is 15.3 Å². The largest absolute Gasteiger partial charge is 0.390 e. The second-order valence-corrected chi connectivity index (χ2v) is 8.87. The fourth-order valence-corrected chi connectivity index (χ4v) is 4.04. The minimum Gasteiger partial charge on any atom is -0.390 e. The number of hydrogen-bond donors (Lipinski definition) is 2. The summed E-state index contributed by atoms with van der Waals surface area (Å²) in [7, 11) is 0. The van der Waals surface area contributed by atoms with Gasteiger partial charge in [0.2, 0.25) is 5.91 Å². The smallest absolute Gasteiger partial charge is 0.274 e. The lowest BCUT2D eigenvalue weighted by Gasteiger charge is -2.37. The summed E-state index contributed by atoms with van der Waals surface area (Å²) in [6.45, 7) is 16.6. The van der Waals surface area contributed by atoms with E-state index < -0.39 is 5.60 Å². The molecule has 2 N–H and O–H groups in total. The van der Waals surface area contributed by atoms with Crippen LogP contribution in [-0.4, -0.2) is 49.9 Å². The molecule has 1 fully saturated rings. The second kappa shape index (κ2) is 11.1. The molecule has 0 spiro atoms. The molecule has 1 unspecified atom stereocenters. The summed E-state index contributed by atoms with van der Waals surface area (Å²) in [6.07, 6.45) is 6.23. The Kier molecular flexibility index (Phi) is 8.78. The number of nitrogens with one attached hydrogen (secondary N) is 1. The minimum absolute atomic E-state index is 0.0767. The number of aromatic nitrogens is 2. The maximum absolute atomic E-state index is 13.0. The van der Waals surface area contributed by atoms with Crippen LogP contribution in [0.3, 0.4) is 0 Å². The lowest BCUT2D eigenvalue weighted by molar-refractivity contribution is -0.117. The molecule has 32 heavy (non-hydrogen) atoms. The van der Waals surface area contributed by atoms with E-state index >= 15 is 0 Å². The highest BCUT2D eigenvalue weighted by molar-refractivity contribution is 5.94. The molecule has 7 nitrogen and oxygen atoms in total. The van der Waals surface area contributed by atoms with Gasteiger partial charge >= 0.3 is 0 Å². The molecular formula is C25H36N4O3. The number of hydrogen-bond acceptors (Lipinski definition) is 4. The zero-order valence-electron chi connectivity index (χ0n) is 19.5. The van der Waals surface area contributed by atoms with Crippen molar-refractivity contribution < 1.29 is 14.7 Å². The van der Waals surface area contributed by atoms with Gasteiger partial charge in [-0.05, 0) is 57.1 Å². The Bertz CT molecular complexity index is 936. The van der Waals surface area contributed by atoms with E-state index in [1.54, 1.807) is 21.6 Å². The summed E-state index contributed by atoms with van der Waals surface area (Å²) in [5.41, 5.74) is 0.245. The lowest BCUT2D eigenvalue weighted by Crippen LogP contribution is -2.44. The van der Waals surface area contributed by atoms with Crippen LogP contribution >= 0.6 is 0 Å². The topological polar surface area (TPSA) is 86.9 Å². The summed E-state index contributed by atoms with van der Waals surface area (Å²) < 4.78 is 1.74. The first-order chi connectivity index (χ1) is 15.2. The van der Waals surface area contributed by atoms with E-state index in [2.05, 4.69) is 30.0 Å². The normalized spacial score (nSPS) is 15.6. The summed E-state index contributed by atoms with van der Waals surface area (Å²) in [5, 5.41) is 13.1. The average molecular weight is 441 g/mol. The van der Waals surface area contributed by atoms with Crippen molar-refractivity contribution in [2.45, 2.75) is 52.1 Å². The SMILES string of the molecule is C=C.C=CCC(C)CC(=O)Nc1cccc2nc(C(=O)N3CCC(C(C)(C)O)CC3)cn12. The first-order valence-electron chi connectivity index (χ1n) is 11.1. The van der Waals surface area contributed by atoms with Crippen molar-refractivity contribution in [3.05, 3.63) is 55.9 Å². The molecule has 0 saturated carbocycles. The van der Waals surface area contributed by atoms with Crippen LogP contribution in [0.15, 0.2) is 50.2 Å². The molecule has 0 aromatic carbocycles. The molecule has 3 rings (SSSR count). The first-order valence-corrected chi connectivity index (χ1v) is 11.1. The van der Waals surface area contributed by atoms with Crippen LogP contribution in [0.2, 0.25) is 0 Å². The van der Waals surface area contributed by atoms with Gasteiger partial charge in [0, 0.05) is 25.7 Å². The van der Waals surface area contributed by atoms with Crippen LogP contribution < -0.4 is 5.32 Å². The van der Waals surface area contributed by atoms with E-state index in [9.17, 15) is 14.7 Å². The summed E-state index contributed by atoms with van der Waals surface area (Å²) in [5.74, 6) is 0.800. The average Bonchev–Trinajstić information content (AvgIpc) is 3.19. The maximum Gasteiger partial charge on any atom is 0.274 e. The number of nitrogens with zero attached hydrogens (tertiary/aromatic N) is 3. The molecule has 2 aromatic rings. The number of carbonyl (C=O) groups is 2. The van der Waals surface area contributed by atoms with Crippen molar-refractivity contribution >= 4 is 23.3 Å². The van der Waals surface area contributed by atoms with Gasteiger partial charge in [-0.15, -0.1) is 19.7 Å². The first kappa shape index (κ1) is 25.3. The molecule has 1 atom stereocenters. The van der Waals surface area contributed by atoms with Gasteiger partial charge in [0.25, 0.3) is 5.91 Å². The molecule has 3 heterocycles. The third-order valence-electron chi connectivity index (χ3n) is 5.86. The zero-order valence-corrected chi connectivity index (χ0v) is 19.5. The number of fused-ring (bicyclic) bond motifs is 1. The van der Waals surface area contributed by atoms with Gasteiger partial charge in [-0.1, -0.05) is 19.1 Å². The highest BCUT2D eigenvalue weighted by atomic mass is 16.3. The number of pyridine rings is 1. The van der Waals surface area contributed by atoms with Gasteiger partial charge in [0.1, 0.15) is 17.2 Å². The Morgan fingerprint density at radius 1 is 1.31 bits per heavy atom. The molecule has 0 radical (unpaired) electrons. The molecule has 1 saturated heterocycles. The quantitative estimate of drug-likeness (QED) is 0.629. The minimum atomic E-state index is -0.728. The highest BCUT2D eigenvalue weighted by Crippen LogP contribution is 2.28. The molecule has 1 aliphatic rings. The van der Waals surface area contributed by atoms with Crippen molar-refractivity contribution in [1.29, 1.82) is 0 Å². The second-order valence-electron chi connectivity index (χ2n) is 8.87. The third kappa shape index (κ3) is 6.29. The van der Waals surface area contributed by atoms with E-state index in [0.717, 1.165) is 19.3 Å². The zero-order chi connectivity index (χ0) is 23.9. The number of aliphatic hydroxyl groups is 1. The maximum atomic E-state index is 13.0. The van der Waals surface area contributed by atoms with Crippen LogP contribution in [0, 0.1) is 11.8 Å². The van der Waals surface area contributed by atoms with Crippen LogP contribution in [0.25, 0.3) is 5.65 Å². The van der Waals surface area contributed by atoms with Gasteiger partial charge in [-0.3, -0.25) is 14.0 Å². The number of carbonyl (C=O) groups excluding carboxylic acids is 2. The molecule has 1 aliphatic heterocycles. The van der Waals surface area contributed by atoms with Crippen LogP contribution in [-0.2, 0) is 4.79 Å². The Hall–Kier alpha value is -2.93. The van der Waals surface area contributed by atoms with Crippen molar-refractivity contribution in [1.82, 2.24) is 14.3 Å². The predicted molar refractivity (Wildman–Crippen MR) is 129 cm³/mol. The molecular weight excluding hydrogens is 404 g/mol. The van der Waals surface area contributed by atoms with Crippen molar-refractivity contribution in [2.24, 2.45) is 11.8 Å². The van der Waals surface area contributed by atoms with Gasteiger partial charge in [-0.2, -0.15) is 0 Å². The number of anilines is 1. The Morgan fingerprint density at radius 3 is 2.56 bits per heavy atom. The van der Waals surface area contributed by atoms with Crippen LogP contribution in [0.1, 0.15) is 56.9 Å². The number of likely N-dealkylation sites (tertiary alicyclic amines) is 1. The standard InChI is InChI=1S/C23H32N4O3.C2H4/c1-5-7-16(2)14-21(28)25-20-9-6-8-19-24-18(15-27(19)20)22(29)26-12-10-17(11-13-26)23(3,4)30;1-2/h5-6,8-9,15-17,30H,1,7,10-14H2,2-4H3,(H,25,28);1-2H2. The van der Waals surface area contributed by atoms with Crippen LogP contribution in [0.5, 0.6) is 0 Å². The predicted octanol–water partition coefficient (Wildman–Crippen LogP) is 4.30. The van der Waals surface area contributed by atoms with E-state index in [4.69, 9.17) is 0 Å². The Labute approximate surface area is 190 Å². The number of imidazole rings is 1. The number of rotatable bonds is 7. The molecule has 174 valence electrons. The molecule has 0 bridgehead atoms. The van der Waals surface area contributed by atoms with E-state index in [-0.39, 0.29) is 23.7 Å². The third-order valence-corrected chi connectivity index (χ3v) is 5.86. The summed E-state index contributed by atoms with van der Waals surface area (Å²) in [4.78, 5) is 31.6. The number of piperidine rings is 1. The van der Waals surface area contributed by atoms with Gasteiger partial charge in [-0.25, -0.2) is 4.98 Å². The van der Waals surface area contributed by atoms with Crippen molar-refractivity contribution in [3.63, 3.8) is 0 Å². The molecule has 2 aromatic heterocycles. The van der Waals surface area contributed by atoms with E-state index in [0.29, 0.717) is 36.7 Å². The molecule has 7 heteroatoms. The van der Waals surface area contributed by atoms with E-state index in [1.165, 1.54) is 0 Å². The molecule has 2 amide bonds. The van der Waals surface area contributed by atoms with Gasteiger partial charge in [0.15, 0.2) is 0 Å². The van der Waals surface area contributed by atoms with Crippen LogP contribution in [0.4, 0.5) is 5.82 Å². The highest BCUT2D eigenvalue weighted by Gasteiger charge is 2.32. The number of allylic oxidation sites excluding steroid dienone is 1. The number of amides is 2. The Balaban J connectivity index is 0.00000176. The molecule has 0 aliphatic carbocycles. The fourth-order valence-electron chi connectivity index (χ4n) is 4.04. The van der Waals surface area contributed by atoms with Gasteiger partial charge in [0.05, 0.1) is 5.60 Å². The Morgan fingerprint density at radius 2 is 1.97 bits per heavy atom. The lowest BCUT2D eigenvalue weighted by atomic mass is 9.83. The monoisotopic (exact) mass is 440 g/mol. The summed E-state index contributed by atoms with van der Waals surface area (Å²) in [6, 6.07) is 5.43. The van der Waals surface area contributed by atoms with Crippen molar-refractivity contribution in [2.75, 3.05) is 18.4 Å². The summed E-state index contributed by atoms with van der Waals surface area (Å²) >= 11 is 0.